The van der Waals surface area contributed by atoms with Crippen molar-refractivity contribution in [1.82, 2.24) is 5.43 Å². The molecular weight excluding hydrogens is 362 g/mol. The van der Waals surface area contributed by atoms with Crippen molar-refractivity contribution in [2.45, 2.75) is 0 Å². The van der Waals surface area contributed by atoms with E-state index < -0.39 is 0 Å². The van der Waals surface area contributed by atoms with Crippen LogP contribution >= 0.6 is 38.9 Å². The quantitative estimate of drug-likeness (QED) is 0.621. The fourth-order valence-corrected chi connectivity index (χ4v) is 2.88. The molecule has 0 aliphatic rings. The lowest BCUT2D eigenvalue weighted by Gasteiger charge is -2.06. The van der Waals surface area contributed by atoms with Gasteiger partial charge in [-0.25, -0.2) is 5.43 Å². The van der Waals surface area contributed by atoms with Gasteiger partial charge in [0.05, 0.1) is 27.3 Å². The van der Waals surface area contributed by atoms with E-state index in [1.165, 1.54) is 11.3 Å². The first-order chi connectivity index (χ1) is 9.65. The Labute approximate surface area is 134 Å². The molecule has 0 unspecified atom stereocenters. The van der Waals surface area contributed by atoms with Crippen molar-refractivity contribution >= 4 is 56.7 Å². The van der Waals surface area contributed by atoms with Crippen LogP contribution in [-0.4, -0.2) is 18.7 Å². The second kappa shape index (κ2) is 7.42. The highest BCUT2D eigenvalue weighted by atomic mass is 79.9. The van der Waals surface area contributed by atoms with E-state index in [9.17, 15) is 4.79 Å². The van der Waals surface area contributed by atoms with Crippen molar-refractivity contribution in [3.8, 4) is 0 Å². The van der Waals surface area contributed by atoms with Crippen LogP contribution in [0.1, 0.15) is 4.88 Å². The summed E-state index contributed by atoms with van der Waals surface area (Å²) in [5.41, 5.74) is 3.16. The standard InChI is InChI=1S/C13H11BrClN3OS/c14-12-6-5-9(20-12)7-17-18-13(19)8-16-11-4-2-1-3-10(11)15/h1-7,16H,8H2,(H,18,19). The Morgan fingerprint density at radius 2 is 2.15 bits per heavy atom. The predicted octanol–water partition coefficient (Wildman–Crippen LogP) is 3.73. The molecule has 4 nitrogen and oxygen atoms in total. The van der Waals surface area contributed by atoms with Crippen molar-refractivity contribution in [1.29, 1.82) is 0 Å². The Hall–Kier alpha value is -1.37. The van der Waals surface area contributed by atoms with E-state index in [0.29, 0.717) is 5.02 Å². The zero-order valence-corrected chi connectivity index (χ0v) is 13.4. The highest BCUT2D eigenvalue weighted by molar-refractivity contribution is 9.11. The number of nitrogens with one attached hydrogen (secondary N) is 2. The lowest BCUT2D eigenvalue weighted by molar-refractivity contribution is -0.119. The van der Waals surface area contributed by atoms with E-state index in [2.05, 4.69) is 31.8 Å². The van der Waals surface area contributed by atoms with Crippen LogP contribution in [-0.2, 0) is 4.79 Å². The van der Waals surface area contributed by atoms with Crippen molar-refractivity contribution in [2.75, 3.05) is 11.9 Å². The SMILES string of the molecule is O=C(CNc1ccccc1Cl)NN=Cc1ccc(Br)s1. The van der Waals surface area contributed by atoms with Crippen molar-refractivity contribution in [3.05, 3.63) is 50.1 Å². The van der Waals surface area contributed by atoms with Crippen LogP contribution in [0.4, 0.5) is 5.69 Å². The number of hydrogen-bond donors (Lipinski definition) is 2. The first kappa shape index (κ1) is 15.0. The molecule has 0 aliphatic heterocycles. The minimum absolute atomic E-state index is 0.106. The highest BCUT2D eigenvalue weighted by Crippen LogP contribution is 2.20. The van der Waals surface area contributed by atoms with E-state index in [0.717, 1.165) is 14.4 Å². The minimum atomic E-state index is -0.239. The predicted molar refractivity (Wildman–Crippen MR) is 87.7 cm³/mol. The van der Waals surface area contributed by atoms with E-state index in [1.54, 1.807) is 12.3 Å². The summed E-state index contributed by atoms with van der Waals surface area (Å²) in [5, 5.41) is 7.40. The molecule has 2 N–H and O–H groups in total. The van der Waals surface area contributed by atoms with Crippen LogP contribution in [0.5, 0.6) is 0 Å². The summed E-state index contributed by atoms with van der Waals surface area (Å²) < 4.78 is 1.02. The molecule has 0 spiro atoms. The number of benzene rings is 1. The molecule has 1 aromatic carbocycles. The van der Waals surface area contributed by atoms with Gasteiger partial charge in [0.25, 0.3) is 5.91 Å². The molecular formula is C13H11BrClN3OS. The maximum absolute atomic E-state index is 11.6. The van der Waals surface area contributed by atoms with Crippen LogP contribution < -0.4 is 10.7 Å². The Kier molecular flexibility index (Phi) is 5.58. The van der Waals surface area contributed by atoms with Gasteiger partial charge in [-0.05, 0) is 40.2 Å². The summed E-state index contributed by atoms with van der Waals surface area (Å²) in [4.78, 5) is 12.5. The maximum atomic E-state index is 11.6. The fraction of sp³-hybridized carbons (Fsp3) is 0.0769. The number of halogens is 2. The Morgan fingerprint density at radius 1 is 1.35 bits per heavy atom. The Balaban J connectivity index is 1.78. The highest BCUT2D eigenvalue weighted by Gasteiger charge is 2.02. The summed E-state index contributed by atoms with van der Waals surface area (Å²) in [5.74, 6) is -0.239. The molecule has 0 saturated carbocycles. The number of rotatable bonds is 5. The minimum Gasteiger partial charge on any atom is -0.375 e. The van der Waals surface area contributed by atoms with E-state index in [4.69, 9.17) is 11.6 Å². The van der Waals surface area contributed by atoms with E-state index in [-0.39, 0.29) is 12.5 Å². The lowest BCUT2D eigenvalue weighted by atomic mass is 10.3. The molecule has 0 fully saturated rings. The summed E-state index contributed by atoms with van der Waals surface area (Å²) in [6.07, 6.45) is 1.60. The van der Waals surface area contributed by atoms with Gasteiger partial charge in [-0.1, -0.05) is 23.7 Å². The number of nitrogens with zero attached hydrogens (tertiary/aromatic N) is 1. The Morgan fingerprint density at radius 3 is 2.85 bits per heavy atom. The number of hydrogen-bond acceptors (Lipinski definition) is 4. The van der Waals surface area contributed by atoms with Crippen LogP contribution in [0.3, 0.4) is 0 Å². The normalized spacial score (nSPS) is 10.7. The summed E-state index contributed by atoms with van der Waals surface area (Å²) in [6.45, 7) is 0.106. The molecule has 2 rings (SSSR count). The monoisotopic (exact) mass is 371 g/mol. The summed E-state index contributed by atoms with van der Waals surface area (Å²) in [6, 6.07) is 11.1. The number of amides is 1. The molecule has 0 radical (unpaired) electrons. The molecule has 0 bridgehead atoms. The van der Waals surface area contributed by atoms with E-state index in [1.807, 2.05) is 30.3 Å². The lowest BCUT2D eigenvalue weighted by Crippen LogP contribution is -2.25. The number of para-hydroxylation sites is 1. The second-order valence-corrected chi connectivity index (χ2v) is 6.67. The molecule has 20 heavy (non-hydrogen) atoms. The number of anilines is 1. The molecule has 7 heteroatoms. The van der Waals surface area contributed by atoms with Gasteiger partial charge in [0.15, 0.2) is 0 Å². The average Bonchev–Trinajstić information content (AvgIpc) is 2.83. The van der Waals surface area contributed by atoms with Gasteiger partial charge in [0.1, 0.15) is 0 Å². The van der Waals surface area contributed by atoms with Crippen molar-refractivity contribution in [3.63, 3.8) is 0 Å². The topological polar surface area (TPSA) is 53.5 Å². The van der Waals surface area contributed by atoms with Gasteiger partial charge in [-0.15, -0.1) is 11.3 Å². The zero-order chi connectivity index (χ0) is 14.4. The first-order valence-corrected chi connectivity index (χ1v) is 7.69. The third-order valence-electron chi connectivity index (χ3n) is 2.29. The van der Waals surface area contributed by atoms with Crippen LogP contribution in [0, 0.1) is 0 Å². The summed E-state index contributed by atoms with van der Waals surface area (Å²) >= 11 is 10.9. The fourth-order valence-electron chi connectivity index (χ4n) is 1.39. The van der Waals surface area contributed by atoms with Crippen LogP contribution in [0.15, 0.2) is 45.3 Å². The smallest absolute Gasteiger partial charge is 0.259 e. The zero-order valence-electron chi connectivity index (χ0n) is 10.3. The molecule has 0 aliphatic carbocycles. The van der Waals surface area contributed by atoms with Crippen molar-refractivity contribution < 1.29 is 4.79 Å². The van der Waals surface area contributed by atoms with Crippen molar-refractivity contribution in [2.24, 2.45) is 5.10 Å². The number of thiophene rings is 1. The van der Waals surface area contributed by atoms with Gasteiger partial charge in [0, 0.05) is 4.88 Å². The third kappa shape index (κ3) is 4.63. The van der Waals surface area contributed by atoms with Gasteiger partial charge < -0.3 is 5.32 Å². The van der Waals surface area contributed by atoms with Gasteiger partial charge in [-0.3, -0.25) is 4.79 Å². The molecule has 1 heterocycles. The second-order valence-electron chi connectivity index (χ2n) is 3.77. The van der Waals surface area contributed by atoms with Crippen LogP contribution in [0.25, 0.3) is 0 Å². The largest absolute Gasteiger partial charge is 0.375 e. The first-order valence-electron chi connectivity index (χ1n) is 5.71. The van der Waals surface area contributed by atoms with Gasteiger partial charge in [0.2, 0.25) is 0 Å². The van der Waals surface area contributed by atoms with Crippen LogP contribution in [0.2, 0.25) is 5.02 Å². The molecule has 2 aromatic rings. The maximum Gasteiger partial charge on any atom is 0.259 e. The van der Waals surface area contributed by atoms with Gasteiger partial charge in [-0.2, -0.15) is 5.10 Å². The summed E-state index contributed by atoms with van der Waals surface area (Å²) in [7, 11) is 0. The van der Waals surface area contributed by atoms with Gasteiger partial charge >= 0.3 is 0 Å². The molecule has 1 amide bonds. The van der Waals surface area contributed by atoms with E-state index >= 15 is 0 Å². The molecule has 0 atom stereocenters. The Bertz CT molecular complexity index is 630. The molecule has 0 saturated heterocycles. The molecule has 104 valence electrons. The third-order valence-corrected chi connectivity index (χ3v) is 4.18. The molecule has 1 aromatic heterocycles. The number of carbonyl (C=O) groups is 1. The number of hydrazone groups is 1. The average molecular weight is 373 g/mol. The number of carbonyl (C=O) groups excluding carboxylic acids is 1.